The Morgan fingerprint density at radius 1 is 1.16 bits per heavy atom. The highest BCUT2D eigenvalue weighted by Gasteiger charge is 2.36. The standard InChI is InChI=1S/C21H18N4O6/c1-3-30-21(29)16-10-22-24(2)17(16)23-18(26)12-6-7-14-15(9-12)20(28)25(19(14)27)11-13-5-4-8-31-13/h4-10H,3,11H2,1-2H3,(H,23,26). The number of carbonyl (C=O) groups excluding carboxylic acids is 4. The highest BCUT2D eigenvalue weighted by Crippen LogP contribution is 2.26. The molecule has 0 saturated heterocycles. The van der Waals surface area contributed by atoms with Gasteiger partial charge >= 0.3 is 5.97 Å². The molecular formula is C21H18N4O6. The van der Waals surface area contributed by atoms with Gasteiger partial charge in [-0.1, -0.05) is 0 Å². The average Bonchev–Trinajstić information content (AvgIpc) is 3.45. The number of carbonyl (C=O) groups is 4. The fourth-order valence-corrected chi connectivity index (χ4v) is 3.26. The summed E-state index contributed by atoms with van der Waals surface area (Å²) in [6.07, 6.45) is 2.75. The fraction of sp³-hybridized carbons (Fsp3) is 0.190. The molecule has 1 aromatic carbocycles. The van der Waals surface area contributed by atoms with Crippen LogP contribution in [0.5, 0.6) is 0 Å². The molecule has 158 valence electrons. The van der Waals surface area contributed by atoms with E-state index in [2.05, 4.69) is 10.4 Å². The number of aryl methyl sites for hydroxylation is 1. The maximum atomic E-state index is 12.8. The van der Waals surface area contributed by atoms with E-state index in [9.17, 15) is 19.2 Å². The van der Waals surface area contributed by atoms with E-state index in [4.69, 9.17) is 9.15 Å². The minimum atomic E-state index is -0.616. The lowest BCUT2D eigenvalue weighted by molar-refractivity contribution is 0.0526. The Morgan fingerprint density at radius 3 is 2.65 bits per heavy atom. The van der Waals surface area contributed by atoms with Crippen molar-refractivity contribution in [2.24, 2.45) is 7.05 Å². The van der Waals surface area contributed by atoms with E-state index in [0.717, 1.165) is 4.90 Å². The van der Waals surface area contributed by atoms with Gasteiger partial charge in [0.05, 0.1) is 36.7 Å². The van der Waals surface area contributed by atoms with E-state index in [0.29, 0.717) is 5.76 Å². The number of anilines is 1. The van der Waals surface area contributed by atoms with Crippen molar-refractivity contribution in [3.05, 3.63) is 70.8 Å². The van der Waals surface area contributed by atoms with Gasteiger partial charge in [0.2, 0.25) is 0 Å². The van der Waals surface area contributed by atoms with Crippen molar-refractivity contribution in [2.45, 2.75) is 13.5 Å². The number of nitrogens with zero attached hydrogens (tertiary/aromatic N) is 3. The molecule has 4 rings (SSSR count). The Hall–Kier alpha value is -4.21. The predicted molar refractivity (Wildman–Crippen MR) is 106 cm³/mol. The van der Waals surface area contributed by atoms with Crippen LogP contribution in [0, 0.1) is 0 Å². The Labute approximate surface area is 176 Å². The van der Waals surface area contributed by atoms with Crippen LogP contribution >= 0.6 is 0 Å². The second kappa shape index (κ2) is 7.90. The molecule has 3 amide bonds. The second-order valence-corrected chi connectivity index (χ2v) is 6.74. The molecule has 1 aliphatic heterocycles. The number of imide groups is 1. The van der Waals surface area contributed by atoms with Crippen molar-refractivity contribution in [1.82, 2.24) is 14.7 Å². The summed E-state index contributed by atoms with van der Waals surface area (Å²) in [6, 6.07) is 7.56. The molecule has 3 aromatic rings. The normalized spacial score (nSPS) is 12.8. The van der Waals surface area contributed by atoms with E-state index in [-0.39, 0.29) is 41.2 Å². The van der Waals surface area contributed by atoms with E-state index >= 15 is 0 Å². The van der Waals surface area contributed by atoms with Crippen molar-refractivity contribution < 1.29 is 28.3 Å². The van der Waals surface area contributed by atoms with Gasteiger partial charge in [0.1, 0.15) is 17.1 Å². The smallest absolute Gasteiger partial charge is 0.343 e. The molecule has 0 unspecified atom stereocenters. The van der Waals surface area contributed by atoms with E-state index in [1.807, 2.05) is 0 Å². The topological polar surface area (TPSA) is 124 Å². The SMILES string of the molecule is CCOC(=O)c1cnn(C)c1NC(=O)c1ccc2c(c1)C(=O)N(Cc1ccco1)C2=O. The molecule has 0 radical (unpaired) electrons. The third-order valence-electron chi connectivity index (χ3n) is 4.79. The lowest BCUT2D eigenvalue weighted by Crippen LogP contribution is -2.28. The number of furan rings is 1. The zero-order valence-corrected chi connectivity index (χ0v) is 16.7. The predicted octanol–water partition coefficient (Wildman–Crippen LogP) is 2.24. The minimum Gasteiger partial charge on any atom is -0.467 e. The van der Waals surface area contributed by atoms with E-state index in [1.54, 1.807) is 26.1 Å². The molecule has 1 aliphatic rings. The highest BCUT2D eigenvalue weighted by molar-refractivity contribution is 6.22. The lowest BCUT2D eigenvalue weighted by Gasteiger charge is -2.11. The number of amides is 3. The van der Waals surface area contributed by atoms with Crippen LogP contribution < -0.4 is 5.32 Å². The maximum Gasteiger partial charge on any atom is 0.343 e. The summed E-state index contributed by atoms with van der Waals surface area (Å²) in [7, 11) is 1.57. The van der Waals surface area contributed by atoms with Gasteiger partial charge in [-0.05, 0) is 37.3 Å². The maximum absolute atomic E-state index is 12.8. The number of hydrogen-bond donors (Lipinski definition) is 1. The molecular weight excluding hydrogens is 404 g/mol. The molecule has 0 spiro atoms. The van der Waals surface area contributed by atoms with Crippen LogP contribution in [-0.2, 0) is 18.3 Å². The van der Waals surface area contributed by atoms with Gasteiger partial charge in [-0.15, -0.1) is 0 Å². The van der Waals surface area contributed by atoms with Crippen molar-refractivity contribution in [1.29, 1.82) is 0 Å². The quantitative estimate of drug-likeness (QED) is 0.477. The van der Waals surface area contributed by atoms with Crippen LogP contribution in [0.25, 0.3) is 0 Å². The Kier molecular flexibility index (Phi) is 5.12. The number of nitrogens with one attached hydrogen (secondary N) is 1. The summed E-state index contributed by atoms with van der Waals surface area (Å²) in [6.45, 7) is 1.85. The zero-order valence-electron chi connectivity index (χ0n) is 16.7. The average molecular weight is 422 g/mol. The molecule has 10 heteroatoms. The summed E-state index contributed by atoms with van der Waals surface area (Å²) in [5.41, 5.74) is 0.589. The van der Waals surface area contributed by atoms with Crippen molar-refractivity contribution in [2.75, 3.05) is 11.9 Å². The Bertz CT molecular complexity index is 1190. The number of ether oxygens (including phenoxy) is 1. The van der Waals surface area contributed by atoms with Crippen LogP contribution in [0.1, 0.15) is 54.1 Å². The minimum absolute atomic E-state index is 0.00119. The first-order valence-electron chi connectivity index (χ1n) is 9.43. The number of benzene rings is 1. The molecule has 0 bridgehead atoms. The summed E-state index contributed by atoms with van der Waals surface area (Å²) < 4.78 is 11.5. The third-order valence-corrected chi connectivity index (χ3v) is 4.79. The van der Waals surface area contributed by atoms with Gasteiger partial charge in [0.25, 0.3) is 17.7 Å². The summed E-state index contributed by atoms with van der Waals surface area (Å²) >= 11 is 0. The van der Waals surface area contributed by atoms with Crippen molar-refractivity contribution in [3.8, 4) is 0 Å². The fourth-order valence-electron chi connectivity index (χ4n) is 3.26. The number of rotatable bonds is 6. The third kappa shape index (κ3) is 3.59. The molecule has 0 saturated carbocycles. The van der Waals surface area contributed by atoms with Crippen molar-refractivity contribution in [3.63, 3.8) is 0 Å². The summed E-state index contributed by atoms with van der Waals surface area (Å²) in [5, 5.41) is 6.59. The highest BCUT2D eigenvalue weighted by atomic mass is 16.5. The van der Waals surface area contributed by atoms with Gasteiger partial charge in [-0.3, -0.25) is 24.0 Å². The van der Waals surface area contributed by atoms with Gasteiger partial charge in [-0.25, -0.2) is 4.79 Å². The van der Waals surface area contributed by atoms with Crippen LogP contribution in [-0.4, -0.2) is 45.0 Å². The van der Waals surface area contributed by atoms with Crippen LogP contribution in [0.4, 0.5) is 5.82 Å². The Morgan fingerprint density at radius 2 is 1.94 bits per heavy atom. The molecule has 0 aliphatic carbocycles. The van der Waals surface area contributed by atoms with Gasteiger partial charge in [-0.2, -0.15) is 5.10 Å². The zero-order chi connectivity index (χ0) is 22.1. The first-order valence-corrected chi connectivity index (χ1v) is 9.43. The molecule has 0 fully saturated rings. The van der Waals surface area contributed by atoms with Gasteiger partial charge < -0.3 is 14.5 Å². The van der Waals surface area contributed by atoms with Crippen LogP contribution in [0.2, 0.25) is 0 Å². The van der Waals surface area contributed by atoms with Crippen molar-refractivity contribution >= 4 is 29.5 Å². The van der Waals surface area contributed by atoms with Gasteiger partial charge in [0.15, 0.2) is 0 Å². The summed E-state index contributed by atoms with van der Waals surface area (Å²) in [5.74, 6) is -1.53. The van der Waals surface area contributed by atoms with Crippen LogP contribution in [0.3, 0.4) is 0 Å². The molecule has 3 heterocycles. The largest absolute Gasteiger partial charge is 0.467 e. The molecule has 10 nitrogen and oxygen atoms in total. The Balaban J connectivity index is 1.57. The number of esters is 1. The molecule has 0 atom stereocenters. The monoisotopic (exact) mass is 422 g/mol. The molecule has 31 heavy (non-hydrogen) atoms. The first-order chi connectivity index (χ1) is 14.9. The second-order valence-electron chi connectivity index (χ2n) is 6.74. The first kappa shape index (κ1) is 20.1. The number of fused-ring (bicyclic) bond motifs is 1. The summed E-state index contributed by atoms with van der Waals surface area (Å²) in [4.78, 5) is 51.3. The number of aromatic nitrogens is 2. The molecule has 2 aromatic heterocycles. The number of hydrogen-bond acceptors (Lipinski definition) is 7. The molecule has 1 N–H and O–H groups in total. The lowest BCUT2D eigenvalue weighted by atomic mass is 10.1. The van der Waals surface area contributed by atoms with E-state index in [1.165, 1.54) is 35.3 Å². The van der Waals surface area contributed by atoms with E-state index < -0.39 is 23.7 Å². The van der Waals surface area contributed by atoms with Crippen LogP contribution in [0.15, 0.2) is 47.2 Å². The van der Waals surface area contributed by atoms with Gasteiger partial charge in [0, 0.05) is 12.6 Å².